The quantitative estimate of drug-likeness (QED) is 0.906. The first-order valence-electron chi connectivity index (χ1n) is 7.27. The van der Waals surface area contributed by atoms with E-state index in [-0.39, 0.29) is 6.04 Å². The van der Waals surface area contributed by atoms with Crippen LogP contribution in [-0.4, -0.2) is 30.6 Å². The van der Waals surface area contributed by atoms with Crippen molar-refractivity contribution >= 4 is 0 Å². The van der Waals surface area contributed by atoms with Crippen molar-refractivity contribution in [2.75, 3.05) is 13.7 Å². The minimum atomic E-state index is 0.0777. The van der Waals surface area contributed by atoms with Gasteiger partial charge in [0.1, 0.15) is 5.75 Å². The second-order valence-electron chi connectivity index (χ2n) is 5.71. The van der Waals surface area contributed by atoms with Crippen molar-refractivity contribution in [3.05, 3.63) is 29.8 Å². The third-order valence-electron chi connectivity index (χ3n) is 4.33. The van der Waals surface area contributed by atoms with Crippen molar-refractivity contribution in [1.82, 2.24) is 4.90 Å². The lowest BCUT2D eigenvalue weighted by molar-refractivity contribution is 0.0961. The highest BCUT2D eigenvalue weighted by molar-refractivity contribution is 5.29. The molecule has 1 aromatic carbocycles. The van der Waals surface area contributed by atoms with Gasteiger partial charge in [-0.05, 0) is 44.4 Å². The van der Waals surface area contributed by atoms with Gasteiger partial charge in [0.2, 0.25) is 0 Å². The van der Waals surface area contributed by atoms with E-state index < -0.39 is 0 Å². The van der Waals surface area contributed by atoms with Crippen LogP contribution in [0.3, 0.4) is 0 Å². The number of hydrogen-bond acceptors (Lipinski definition) is 3. The standard InChI is InChI=1S/C16H26N2O/c1-12-5-4-6-13(2)18(12)11-16(17)14-7-9-15(19-3)10-8-14/h7-10,12-13,16H,4-6,11,17H2,1-3H3. The molecule has 0 aliphatic carbocycles. The lowest BCUT2D eigenvalue weighted by Crippen LogP contribution is -2.46. The third kappa shape index (κ3) is 3.48. The normalized spacial score (nSPS) is 26.1. The van der Waals surface area contributed by atoms with Gasteiger partial charge in [0.15, 0.2) is 0 Å². The van der Waals surface area contributed by atoms with Crippen LogP contribution in [0, 0.1) is 0 Å². The molecule has 0 amide bonds. The van der Waals surface area contributed by atoms with Crippen LogP contribution in [0.25, 0.3) is 0 Å². The van der Waals surface area contributed by atoms with E-state index >= 15 is 0 Å². The molecule has 3 unspecified atom stereocenters. The smallest absolute Gasteiger partial charge is 0.118 e. The van der Waals surface area contributed by atoms with E-state index in [2.05, 4.69) is 30.9 Å². The maximum absolute atomic E-state index is 6.36. The molecule has 2 rings (SSSR count). The van der Waals surface area contributed by atoms with Crippen LogP contribution in [0.2, 0.25) is 0 Å². The van der Waals surface area contributed by atoms with Gasteiger partial charge in [-0.3, -0.25) is 4.90 Å². The fourth-order valence-corrected chi connectivity index (χ4v) is 3.02. The summed E-state index contributed by atoms with van der Waals surface area (Å²) in [6.45, 7) is 5.57. The summed E-state index contributed by atoms with van der Waals surface area (Å²) in [7, 11) is 1.69. The van der Waals surface area contributed by atoms with Crippen molar-refractivity contribution in [2.45, 2.75) is 51.2 Å². The highest BCUT2D eigenvalue weighted by atomic mass is 16.5. The lowest BCUT2D eigenvalue weighted by atomic mass is 9.96. The number of rotatable bonds is 4. The maximum atomic E-state index is 6.36. The Labute approximate surface area is 116 Å². The second-order valence-corrected chi connectivity index (χ2v) is 5.71. The van der Waals surface area contributed by atoms with Gasteiger partial charge in [-0.1, -0.05) is 18.6 Å². The van der Waals surface area contributed by atoms with Gasteiger partial charge in [-0.15, -0.1) is 0 Å². The predicted octanol–water partition coefficient (Wildman–Crippen LogP) is 2.96. The van der Waals surface area contributed by atoms with Crippen molar-refractivity contribution in [1.29, 1.82) is 0 Å². The monoisotopic (exact) mass is 262 g/mol. The molecule has 3 heteroatoms. The molecule has 2 N–H and O–H groups in total. The average Bonchev–Trinajstić information content (AvgIpc) is 2.43. The Balaban J connectivity index is 2.00. The average molecular weight is 262 g/mol. The summed E-state index contributed by atoms with van der Waals surface area (Å²) in [5, 5.41) is 0. The van der Waals surface area contributed by atoms with Crippen molar-refractivity contribution in [2.24, 2.45) is 5.73 Å². The molecule has 19 heavy (non-hydrogen) atoms. The molecular formula is C16H26N2O. The second kappa shape index (κ2) is 6.40. The van der Waals surface area contributed by atoms with Gasteiger partial charge in [-0.2, -0.15) is 0 Å². The predicted molar refractivity (Wildman–Crippen MR) is 79.4 cm³/mol. The van der Waals surface area contributed by atoms with Crippen LogP contribution in [0.15, 0.2) is 24.3 Å². The summed E-state index contributed by atoms with van der Waals surface area (Å²) in [5.41, 5.74) is 7.55. The van der Waals surface area contributed by atoms with Crippen molar-refractivity contribution in [3.63, 3.8) is 0 Å². The minimum absolute atomic E-state index is 0.0777. The lowest BCUT2D eigenvalue weighted by Gasteiger charge is -2.40. The number of piperidine rings is 1. The van der Waals surface area contributed by atoms with Gasteiger partial charge in [-0.25, -0.2) is 0 Å². The number of hydrogen-bond donors (Lipinski definition) is 1. The summed E-state index contributed by atoms with van der Waals surface area (Å²) in [6.07, 6.45) is 3.93. The molecule has 1 aliphatic rings. The van der Waals surface area contributed by atoms with Crippen molar-refractivity contribution < 1.29 is 4.74 Å². The molecule has 3 atom stereocenters. The number of benzene rings is 1. The van der Waals surface area contributed by atoms with Gasteiger partial charge < -0.3 is 10.5 Å². The Morgan fingerprint density at radius 1 is 1.21 bits per heavy atom. The fraction of sp³-hybridized carbons (Fsp3) is 0.625. The Kier molecular flexibility index (Phi) is 4.83. The first kappa shape index (κ1) is 14.4. The van der Waals surface area contributed by atoms with Crippen LogP contribution < -0.4 is 10.5 Å². The van der Waals surface area contributed by atoms with Crippen LogP contribution in [0.4, 0.5) is 0 Å². The molecule has 1 heterocycles. The fourth-order valence-electron chi connectivity index (χ4n) is 3.02. The first-order valence-corrected chi connectivity index (χ1v) is 7.27. The summed E-state index contributed by atoms with van der Waals surface area (Å²) in [5.74, 6) is 0.885. The van der Waals surface area contributed by atoms with Gasteiger partial charge in [0.25, 0.3) is 0 Å². The largest absolute Gasteiger partial charge is 0.497 e. The van der Waals surface area contributed by atoms with Gasteiger partial charge in [0, 0.05) is 24.7 Å². The Morgan fingerprint density at radius 2 is 1.79 bits per heavy atom. The van der Waals surface area contributed by atoms with Crippen LogP contribution >= 0.6 is 0 Å². The first-order chi connectivity index (χ1) is 9.11. The van der Waals surface area contributed by atoms with Crippen LogP contribution in [-0.2, 0) is 0 Å². The zero-order valence-corrected chi connectivity index (χ0v) is 12.3. The molecule has 1 fully saturated rings. The van der Waals surface area contributed by atoms with E-state index in [0.717, 1.165) is 12.3 Å². The topological polar surface area (TPSA) is 38.5 Å². The molecule has 0 spiro atoms. The van der Waals surface area contributed by atoms with Crippen molar-refractivity contribution in [3.8, 4) is 5.75 Å². The van der Waals surface area contributed by atoms with Crippen LogP contribution in [0.5, 0.6) is 5.75 Å². The zero-order valence-electron chi connectivity index (χ0n) is 12.3. The zero-order chi connectivity index (χ0) is 13.8. The number of nitrogens with two attached hydrogens (primary N) is 1. The SMILES string of the molecule is COc1ccc(C(N)CN2C(C)CCCC2C)cc1. The van der Waals surface area contributed by atoms with E-state index in [9.17, 15) is 0 Å². The molecule has 0 bridgehead atoms. The molecule has 1 saturated heterocycles. The summed E-state index contributed by atoms with van der Waals surface area (Å²) in [4.78, 5) is 2.55. The minimum Gasteiger partial charge on any atom is -0.497 e. The molecule has 3 nitrogen and oxygen atoms in total. The van der Waals surface area contributed by atoms with E-state index in [1.165, 1.54) is 24.8 Å². The maximum Gasteiger partial charge on any atom is 0.118 e. The number of likely N-dealkylation sites (tertiary alicyclic amines) is 1. The molecule has 1 aromatic rings. The summed E-state index contributed by atoms with van der Waals surface area (Å²) >= 11 is 0. The van der Waals surface area contributed by atoms with E-state index in [0.29, 0.717) is 12.1 Å². The Bertz CT molecular complexity index is 380. The third-order valence-corrected chi connectivity index (χ3v) is 4.33. The molecule has 1 aliphatic heterocycles. The number of nitrogens with zero attached hydrogens (tertiary/aromatic N) is 1. The van der Waals surface area contributed by atoms with E-state index in [4.69, 9.17) is 10.5 Å². The van der Waals surface area contributed by atoms with E-state index in [1.54, 1.807) is 7.11 Å². The van der Waals surface area contributed by atoms with Gasteiger partial charge in [0.05, 0.1) is 7.11 Å². The molecular weight excluding hydrogens is 236 g/mol. The summed E-state index contributed by atoms with van der Waals surface area (Å²) in [6, 6.07) is 9.48. The molecule has 0 saturated carbocycles. The molecule has 0 radical (unpaired) electrons. The number of methoxy groups -OCH3 is 1. The number of ether oxygens (including phenoxy) is 1. The van der Waals surface area contributed by atoms with Crippen LogP contribution in [0.1, 0.15) is 44.7 Å². The Hall–Kier alpha value is -1.06. The Morgan fingerprint density at radius 3 is 2.32 bits per heavy atom. The van der Waals surface area contributed by atoms with Gasteiger partial charge >= 0.3 is 0 Å². The molecule has 0 aromatic heterocycles. The van der Waals surface area contributed by atoms with E-state index in [1.807, 2.05) is 12.1 Å². The highest BCUT2D eigenvalue weighted by Crippen LogP contribution is 2.25. The highest BCUT2D eigenvalue weighted by Gasteiger charge is 2.26. The molecule has 106 valence electrons. The summed E-state index contributed by atoms with van der Waals surface area (Å²) < 4.78 is 5.18.